The lowest BCUT2D eigenvalue weighted by atomic mass is 10.1. The molecule has 0 fully saturated rings. The van der Waals surface area contributed by atoms with Crippen molar-refractivity contribution in [2.75, 3.05) is 25.6 Å². The molecule has 0 amide bonds. The van der Waals surface area contributed by atoms with E-state index in [1.165, 1.54) is 6.07 Å². The summed E-state index contributed by atoms with van der Waals surface area (Å²) in [6.45, 7) is 3.32. The van der Waals surface area contributed by atoms with E-state index >= 15 is 0 Å². The third-order valence-electron chi connectivity index (χ3n) is 2.72. The first-order valence-corrected chi connectivity index (χ1v) is 7.75. The first kappa shape index (κ1) is 19.5. The Kier molecular flexibility index (Phi) is 10.9. The molecule has 0 aromatic heterocycles. The molecule has 1 aromatic rings. The number of hydrogen-bond donors (Lipinski definition) is 2. The average Bonchev–Trinajstić information content (AvgIpc) is 2.42. The summed E-state index contributed by atoms with van der Waals surface area (Å²) in [4.78, 5) is 4.15. The molecule has 2 N–H and O–H groups in total. The second-order valence-electron chi connectivity index (χ2n) is 4.28. The van der Waals surface area contributed by atoms with Crippen LogP contribution in [0.1, 0.15) is 17.5 Å². The smallest absolute Gasteiger partial charge is 0.191 e. The van der Waals surface area contributed by atoms with Gasteiger partial charge in [-0.05, 0) is 42.5 Å². The van der Waals surface area contributed by atoms with Crippen LogP contribution in [0.15, 0.2) is 23.2 Å². The fourth-order valence-corrected chi connectivity index (χ4v) is 2.08. The molecule has 0 aliphatic carbocycles. The molecule has 0 radical (unpaired) electrons. The Balaban J connectivity index is 0.00000361. The van der Waals surface area contributed by atoms with Gasteiger partial charge in [0, 0.05) is 20.1 Å². The van der Waals surface area contributed by atoms with Crippen molar-refractivity contribution in [2.45, 2.75) is 19.9 Å². The average molecular weight is 411 g/mol. The molecule has 0 heterocycles. The molecule has 114 valence electrons. The standard InChI is InChI=1S/C14H22FN3S.HI/c1-11-9-12(5-6-13(11)15)10-18-14(16-2)17-7-4-8-19-3;/h5-6,9H,4,7-8,10H2,1-3H3,(H2,16,17,18);1H. The van der Waals surface area contributed by atoms with Crippen LogP contribution in [0.2, 0.25) is 0 Å². The number of guanidine groups is 1. The molecule has 0 saturated carbocycles. The van der Waals surface area contributed by atoms with E-state index in [9.17, 15) is 4.39 Å². The molecule has 0 unspecified atom stereocenters. The van der Waals surface area contributed by atoms with Crippen molar-refractivity contribution in [3.05, 3.63) is 35.1 Å². The summed E-state index contributed by atoms with van der Waals surface area (Å²) in [5, 5.41) is 6.47. The zero-order valence-electron chi connectivity index (χ0n) is 12.2. The molecule has 0 aliphatic heterocycles. The number of nitrogens with one attached hydrogen (secondary N) is 2. The Labute approximate surface area is 142 Å². The lowest BCUT2D eigenvalue weighted by Crippen LogP contribution is -2.37. The predicted octanol–water partition coefficient (Wildman–Crippen LogP) is 3.17. The lowest BCUT2D eigenvalue weighted by molar-refractivity contribution is 0.617. The fourth-order valence-electron chi connectivity index (χ4n) is 1.65. The van der Waals surface area contributed by atoms with Gasteiger partial charge in [-0.25, -0.2) is 4.39 Å². The van der Waals surface area contributed by atoms with Gasteiger partial charge in [-0.1, -0.05) is 12.1 Å². The molecule has 0 spiro atoms. The van der Waals surface area contributed by atoms with Gasteiger partial charge >= 0.3 is 0 Å². The van der Waals surface area contributed by atoms with Crippen LogP contribution in [-0.2, 0) is 6.54 Å². The highest BCUT2D eigenvalue weighted by molar-refractivity contribution is 14.0. The number of halogens is 2. The SMILES string of the molecule is CN=C(NCCCSC)NCc1ccc(F)c(C)c1.I. The van der Waals surface area contributed by atoms with Crippen molar-refractivity contribution in [3.8, 4) is 0 Å². The van der Waals surface area contributed by atoms with Gasteiger partial charge in [0.2, 0.25) is 0 Å². The minimum atomic E-state index is -0.164. The summed E-state index contributed by atoms with van der Waals surface area (Å²) >= 11 is 1.84. The van der Waals surface area contributed by atoms with E-state index in [1.807, 2.05) is 17.8 Å². The van der Waals surface area contributed by atoms with Crippen molar-refractivity contribution < 1.29 is 4.39 Å². The quantitative estimate of drug-likeness (QED) is 0.327. The molecule has 3 nitrogen and oxygen atoms in total. The predicted molar refractivity (Wildman–Crippen MR) is 97.8 cm³/mol. The molecule has 1 aromatic carbocycles. The molecule has 0 saturated heterocycles. The zero-order chi connectivity index (χ0) is 14.1. The normalized spacial score (nSPS) is 10.9. The van der Waals surface area contributed by atoms with E-state index in [0.29, 0.717) is 12.1 Å². The zero-order valence-corrected chi connectivity index (χ0v) is 15.3. The van der Waals surface area contributed by atoms with E-state index in [-0.39, 0.29) is 29.8 Å². The highest BCUT2D eigenvalue weighted by atomic mass is 127. The van der Waals surface area contributed by atoms with Gasteiger partial charge in [-0.15, -0.1) is 24.0 Å². The van der Waals surface area contributed by atoms with Crippen molar-refractivity contribution in [1.82, 2.24) is 10.6 Å². The second-order valence-corrected chi connectivity index (χ2v) is 5.27. The molecular formula is C14H23FIN3S. The maximum Gasteiger partial charge on any atom is 0.191 e. The van der Waals surface area contributed by atoms with Crippen LogP contribution in [0.25, 0.3) is 0 Å². The molecule has 20 heavy (non-hydrogen) atoms. The van der Waals surface area contributed by atoms with Crippen LogP contribution in [-0.4, -0.2) is 31.6 Å². The van der Waals surface area contributed by atoms with E-state index < -0.39 is 0 Å². The summed E-state index contributed by atoms with van der Waals surface area (Å²) in [7, 11) is 1.75. The number of thioether (sulfide) groups is 1. The van der Waals surface area contributed by atoms with Gasteiger partial charge in [0.25, 0.3) is 0 Å². The van der Waals surface area contributed by atoms with Gasteiger partial charge in [0.15, 0.2) is 5.96 Å². The molecule has 6 heteroatoms. The summed E-state index contributed by atoms with van der Waals surface area (Å²) in [5.74, 6) is 1.76. The van der Waals surface area contributed by atoms with E-state index in [0.717, 1.165) is 30.2 Å². The van der Waals surface area contributed by atoms with Gasteiger partial charge in [0.05, 0.1) is 0 Å². The molecule has 0 aliphatic rings. The largest absolute Gasteiger partial charge is 0.356 e. The topological polar surface area (TPSA) is 36.4 Å². The van der Waals surface area contributed by atoms with Crippen LogP contribution in [0.4, 0.5) is 4.39 Å². The summed E-state index contributed by atoms with van der Waals surface area (Å²) in [6.07, 6.45) is 3.21. The highest BCUT2D eigenvalue weighted by Crippen LogP contribution is 2.08. The first-order chi connectivity index (χ1) is 9.17. The Morgan fingerprint density at radius 2 is 2.10 bits per heavy atom. The van der Waals surface area contributed by atoms with Gasteiger partial charge in [-0.2, -0.15) is 11.8 Å². The van der Waals surface area contributed by atoms with Crippen molar-refractivity contribution in [2.24, 2.45) is 4.99 Å². The number of nitrogens with zero attached hydrogens (tertiary/aromatic N) is 1. The highest BCUT2D eigenvalue weighted by Gasteiger charge is 2.01. The molecular weight excluding hydrogens is 388 g/mol. The van der Waals surface area contributed by atoms with Crippen LogP contribution in [0.3, 0.4) is 0 Å². The van der Waals surface area contributed by atoms with Gasteiger partial charge < -0.3 is 10.6 Å². The molecule has 0 atom stereocenters. The Bertz CT molecular complexity index is 427. The summed E-state index contributed by atoms with van der Waals surface area (Å²) in [6, 6.07) is 5.14. The number of hydrogen-bond acceptors (Lipinski definition) is 2. The maximum absolute atomic E-state index is 13.1. The first-order valence-electron chi connectivity index (χ1n) is 6.36. The minimum Gasteiger partial charge on any atom is -0.356 e. The van der Waals surface area contributed by atoms with Crippen LogP contribution in [0, 0.1) is 12.7 Å². The van der Waals surface area contributed by atoms with E-state index in [1.54, 1.807) is 20.0 Å². The minimum absolute atomic E-state index is 0. The van der Waals surface area contributed by atoms with Crippen LogP contribution >= 0.6 is 35.7 Å². The lowest BCUT2D eigenvalue weighted by Gasteiger charge is -2.12. The fraction of sp³-hybridized carbons (Fsp3) is 0.500. The monoisotopic (exact) mass is 411 g/mol. The molecule has 1 rings (SSSR count). The molecule has 0 bridgehead atoms. The van der Waals surface area contributed by atoms with Crippen LogP contribution in [0.5, 0.6) is 0 Å². The second kappa shape index (κ2) is 11.2. The van der Waals surface area contributed by atoms with Crippen molar-refractivity contribution in [1.29, 1.82) is 0 Å². The van der Waals surface area contributed by atoms with Crippen molar-refractivity contribution in [3.63, 3.8) is 0 Å². The maximum atomic E-state index is 13.1. The van der Waals surface area contributed by atoms with Crippen molar-refractivity contribution >= 4 is 41.7 Å². The third kappa shape index (κ3) is 7.33. The summed E-state index contributed by atoms with van der Waals surface area (Å²) in [5.41, 5.74) is 1.72. The third-order valence-corrected chi connectivity index (χ3v) is 3.42. The summed E-state index contributed by atoms with van der Waals surface area (Å²) < 4.78 is 13.1. The number of aryl methyl sites for hydroxylation is 1. The Morgan fingerprint density at radius 3 is 2.70 bits per heavy atom. The number of benzene rings is 1. The van der Waals surface area contributed by atoms with Gasteiger partial charge in [-0.3, -0.25) is 4.99 Å². The number of rotatable bonds is 6. The Hall–Kier alpha value is -0.500. The van der Waals surface area contributed by atoms with E-state index in [4.69, 9.17) is 0 Å². The van der Waals surface area contributed by atoms with Crippen LogP contribution < -0.4 is 10.6 Å². The van der Waals surface area contributed by atoms with Gasteiger partial charge in [0.1, 0.15) is 5.82 Å². The Morgan fingerprint density at radius 1 is 1.35 bits per heavy atom. The number of aliphatic imine (C=N–C) groups is 1. The van der Waals surface area contributed by atoms with E-state index in [2.05, 4.69) is 21.9 Å².